The summed E-state index contributed by atoms with van der Waals surface area (Å²) < 4.78 is 10.1. The molecule has 5 heteroatoms. The molecule has 0 aliphatic carbocycles. The highest BCUT2D eigenvalue weighted by Crippen LogP contribution is 2.38. The molecule has 1 heterocycles. The topological polar surface area (TPSA) is 64.5 Å². The average molecular weight is 240 g/mol. The first-order valence-corrected chi connectivity index (χ1v) is 5.59. The van der Waals surface area contributed by atoms with Gasteiger partial charge < -0.3 is 14.6 Å². The number of rotatable bonds is 5. The minimum absolute atomic E-state index is 0.281. The molecule has 0 bridgehead atoms. The summed E-state index contributed by atoms with van der Waals surface area (Å²) in [6.45, 7) is 5.97. The molecule has 0 saturated carbocycles. The molecule has 0 spiro atoms. The summed E-state index contributed by atoms with van der Waals surface area (Å²) in [5.74, 6) is 0.672. The van der Waals surface area contributed by atoms with E-state index in [1.807, 2.05) is 20.8 Å². The highest BCUT2D eigenvalue weighted by atomic mass is 16.5. The van der Waals surface area contributed by atoms with Crippen LogP contribution in [-0.4, -0.2) is 29.3 Å². The van der Waals surface area contributed by atoms with Crippen LogP contribution < -0.4 is 9.47 Å². The zero-order chi connectivity index (χ0) is 13.1. The number of methoxy groups -OCH3 is 2. The van der Waals surface area contributed by atoms with Crippen molar-refractivity contribution in [3.63, 3.8) is 0 Å². The van der Waals surface area contributed by atoms with Crippen LogP contribution in [0.4, 0.5) is 0 Å². The Morgan fingerprint density at radius 2 is 2.00 bits per heavy atom. The van der Waals surface area contributed by atoms with Crippen molar-refractivity contribution in [2.24, 2.45) is 5.41 Å². The number of aromatic nitrogens is 2. The molecular formula is C12H20N2O3. The van der Waals surface area contributed by atoms with Gasteiger partial charge in [0.25, 0.3) is 0 Å². The summed E-state index contributed by atoms with van der Waals surface area (Å²) in [6, 6.07) is 0. The predicted octanol–water partition coefficient (Wildman–Crippen LogP) is 1.96. The van der Waals surface area contributed by atoms with Crippen LogP contribution in [0.5, 0.6) is 11.8 Å². The molecule has 1 rings (SSSR count). The van der Waals surface area contributed by atoms with Crippen LogP contribution in [0, 0.1) is 5.41 Å². The minimum Gasteiger partial charge on any atom is -0.480 e. The zero-order valence-corrected chi connectivity index (χ0v) is 11.0. The summed E-state index contributed by atoms with van der Waals surface area (Å²) in [7, 11) is 3.01. The summed E-state index contributed by atoms with van der Waals surface area (Å²) >= 11 is 0. The fourth-order valence-electron chi connectivity index (χ4n) is 1.37. The SMILES string of the molecule is CCC(C)(C)C(O)c1ncc(OC)nc1OC. The van der Waals surface area contributed by atoms with Crippen molar-refractivity contribution in [1.29, 1.82) is 0 Å². The number of aliphatic hydroxyl groups excluding tert-OH is 1. The summed E-state index contributed by atoms with van der Waals surface area (Å²) in [4.78, 5) is 8.28. The Hall–Kier alpha value is -1.36. The molecule has 17 heavy (non-hydrogen) atoms. The molecule has 1 atom stereocenters. The van der Waals surface area contributed by atoms with Gasteiger partial charge in [-0.25, -0.2) is 4.98 Å². The van der Waals surface area contributed by atoms with E-state index in [-0.39, 0.29) is 5.41 Å². The molecule has 96 valence electrons. The van der Waals surface area contributed by atoms with Crippen LogP contribution in [-0.2, 0) is 0 Å². The Morgan fingerprint density at radius 3 is 2.47 bits per heavy atom. The van der Waals surface area contributed by atoms with Crippen LogP contribution in [0.3, 0.4) is 0 Å². The Kier molecular flexibility index (Phi) is 4.28. The Labute approximate surface area is 102 Å². The number of hydrogen-bond acceptors (Lipinski definition) is 5. The lowest BCUT2D eigenvalue weighted by atomic mass is 9.82. The van der Waals surface area contributed by atoms with Gasteiger partial charge in [0, 0.05) is 0 Å². The van der Waals surface area contributed by atoms with Crippen LogP contribution in [0.15, 0.2) is 6.20 Å². The second-order valence-electron chi connectivity index (χ2n) is 4.55. The van der Waals surface area contributed by atoms with Gasteiger partial charge in [-0.05, 0) is 11.8 Å². The van der Waals surface area contributed by atoms with E-state index < -0.39 is 6.10 Å². The van der Waals surface area contributed by atoms with Gasteiger partial charge in [0.05, 0.1) is 20.4 Å². The van der Waals surface area contributed by atoms with Crippen LogP contribution in [0.2, 0.25) is 0 Å². The molecule has 1 unspecified atom stereocenters. The third-order valence-electron chi connectivity index (χ3n) is 3.06. The first-order valence-electron chi connectivity index (χ1n) is 5.59. The van der Waals surface area contributed by atoms with Crippen molar-refractivity contribution in [2.45, 2.75) is 33.3 Å². The molecule has 1 aromatic heterocycles. The summed E-state index contributed by atoms with van der Waals surface area (Å²) in [5, 5.41) is 10.3. The van der Waals surface area contributed by atoms with E-state index in [0.29, 0.717) is 17.5 Å². The largest absolute Gasteiger partial charge is 0.480 e. The van der Waals surface area contributed by atoms with E-state index in [4.69, 9.17) is 9.47 Å². The first-order chi connectivity index (χ1) is 7.96. The molecule has 5 nitrogen and oxygen atoms in total. The molecule has 0 fully saturated rings. The third kappa shape index (κ3) is 2.85. The molecule has 0 aliphatic heterocycles. The number of hydrogen-bond donors (Lipinski definition) is 1. The van der Waals surface area contributed by atoms with Gasteiger partial charge >= 0.3 is 0 Å². The number of aliphatic hydroxyl groups is 1. The summed E-state index contributed by atoms with van der Waals surface area (Å²) in [6.07, 6.45) is 1.58. The molecule has 0 saturated heterocycles. The minimum atomic E-state index is -0.721. The van der Waals surface area contributed by atoms with E-state index >= 15 is 0 Å². The Bertz CT molecular complexity index is 380. The molecule has 0 amide bonds. The van der Waals surface area contributed by atoms with Crippen LogP contribution in [0.1, 0.15) is 39.0 Å². The number of nitrogens with zero attached hydrogens (tertiary/aromatic N) is 2. The van der Waals surface area contributed by atoms with Crippen molar-refractivity contribution in [2.75, 3.05) is 14.2 Å². The van der Waals surface area contributed by atoms with Crippen molar-refractivity contribution >= 4 is 0 Å². The maximum atomic E-state index is 10.3. The maximum Gasteiger partial charge on any atom is 0.241 e. The van der Waals surface area contributed by atoms with Gasteiger partial charge in [0.2, 0.25) is 11.8 Å². The van der Waals surface area contributed by atoms with E-state index in [1.165, 1.54) is 20.4 Å². The van der Waals surface area contributed by atoms with E-state index in [1.54, 1.807) is 0 Å². The second kappa shape index (κ2) is 5.31. The van der Waals surface area contributed by atoms with Gasteiger partial charge in [-0.3, -0.25) is 0 Å². The van der Waals surface area contributed by atoms with Crippen molar-refractivity contribution in [3.8, 4) is 11.8 Å². The van der Waals surface area contributed by atoms with E-state index in [9.17, 15) is 5.11 Å². The lowest BCUT2D eigenvalue weighted by Gasteiger charge is -2.29. The third-order valence-corrected chi connectivity index (χ3v) is 3.06. The number of ether oxygens (including phenoxy) is 2. The standard InChI is InChI=1S/C12H20N2O3/c1-6-12(2,3)10(15)9-11(17-5)14-8(16-4)7-13-9/h7,10,15H,6H2,1-5H3. The van der Waals surface area contributed by atoms with Gasteiger partial charge in [-0.15, -0.1) is 0 Å². The van der Waals surface area contributed by atoms with Crippen LogP contribution >= 0.6 is 0 Å². The highest BCUT2D eigenvalue weighted by molar-refractivity contribution is 5.25. The first kappa shape index (κ1) is 13.7. The van der Waals surface area contributed by atoms with Gasteiger partial charge in [0.15, 0.2) is 0 Å². The molecule has 0 aromatic carbocycles. The fraction of sp³-hybridized carbons (Fsp3) is 0.667. The second-order valence-corrected chi connectivity index (χ2v) is 4.55. The lowest BCUT2D eigenvalue weighted by molar-refractivity contribution is 0.0401. The highest BCUT2D eigenvalue weighted by Gasteiger charge is 2.31. The average Bonchev–Trinajstić information content (AvgIpc) is 2.36. The van der Waals surface area contributed by atoms with Crippen molar-refractivity contribution in [3.05, 3.63) is 11.9 Å². The monoisotopic (exact) mass is 240 g/mol. The Balaban J connectivity index is 3.13. The van der Waals surface area contributed by atoms with Gasteiger partial charge in [-0.2, -0.15) is 4.98 Å². The molecule has 0 aliphatic rings. The van der Waals surface area contributed by atoms with Crippen LogP contribution in [0.25, 0.3) is 0 Å². The quantitative estimate of drug-likeness (QED) is 0.852. The molecule has 1 aromatic rings. The van der Waals surface area contributed by atoms with Crippen molar-refractivity contribution in [1.82, 2.24) is 9.97 Å². The van der Waals surface area contributed by atoms with E-state index in [0.717, 1.165) is 6.42 Å². The predicted molar refractivity (Wildman–Crippen MR) is 64.2 cm³/mol. The molecule has 1 N–H and O–H groups in total. The smallest absolute Gasteiger partial charge is 0.241 e. The maximum absolute atomic E-state index is 10.3. The van der Waals surface area contributed by atoms with Gasteiger partial charge in [-0.1, -0.05) is 20.8 Å². The summed E-state index contributed by atoms with van der Waals surface area (Å²) in [5.41, 5.74) is 0.163. The van der Waals surface area contributed by atoms with E-state index in [2.05, 4.69) is 9.97 Å². The fourth-order valence-corrected chi connectivity index (χ4v) is 1.37. The van der Waals surface area contributed by atoms with Gasteiger partial charge in [0.1, 0.15) is 11.8 Å². The molecular weight excluding hydrogens is 220 g/mol. The lowest BCUT2D eigenvalue weighted by Crippen LogP contribution is -2.23. The normalized spacial score (nSPS) is 13.3. The molecule has 0 radical (unpaired) electrons. The Morgan fingerprint density at radius 1 is 1.35 bits per heavy atom. The zero-order valence-electron chi connectivity index (χ0n) is 11.0. The van der Waals surface area contributed by atoms with Crippen molar-refractivity contribution < 1.29 is 14.6 Å².